The predicted molar refractivity (Wildman–Crippen MR) is 107 cm³/mol. The molecule has 0 atom stereocenters. The summed E-state index contributed by atoms with van der Waals surface area (Å²) in [5, 5.41) is 12.7. The highest BCUT2D eigenvalue weighted by Crippen LogP contribution is 2.61. The minimum Gasteiger partial charge on any atom is -0.493 e. The zero-order chi connectivity index (χ0) is 20.9. The molecule has 0 aliphatic heterocycles. The highest BCUT2D eigenvalue weighted by Gasteiger charge is 2.53. The molecule has 4 saturated carbocycles. The van der Waals surface area contributed by atoms with Crippen LogP contribution in [0.1, 0.15) is 53.9 Å². The van der Waals surface area contributed by atoms with E-state index in [0.29, 0.717) is 5.13 Å². The summed E-state index contributed by atoms with van der Waals surface area (Å²) in [5.74, 6) is 1.53. The Morgan fingerprint density at radius 2 is 1.83 bits per heavy atom. The Labute approximate surface area is 177 Å². The summed E-state index contributed by atoms with van der Waals surface area (Å²) in [4.78, 5) is 12.8. The first-order chi connectivity index (χ1) is 14.5. The lowest BCUT2D eigenvalue weighted by molar-refractivity contribution is -0.0515. The van der Waals surface area contributed by atoms with Crippen LogP contribution in [-0.4, -0.2) is 29.8 Å². The summed E-state index contributed by atoms with van der Waals surface area (Å²) >= 11 is 1.40. The molecule has 1 amide bonds. The number of hydrogen-bond donors (Lipinski definition) is 1. The number of anilines is 1. The van der Waals surface area contributed by atoms with Crippen molar-refractivity contribution in [3.05, 3.63) is 28.8 Å². The molecule has 4 fully saturated rings. The Balaban J connectivity index is 1.37. The van der Waals surface area contributed by atoms with Gasteiger partial charge in [0.1, 0.15) is 5.01 Å². The zero-order valence-electron chi connectivity index (χ0n) is 16.6. The summed E-state index contributed by atoms with van der Waals surface area (Å²) < 4.78 is 35.3. The van der Waals surface area contributed by atoms with Crippen molar-refractivity contribution in [3.8, 4) is 11.5 Å². The van der Waals surface area contributed by atoms with Gasteiger partial charge in [0.15, 0.2) is 11.5 Å². The van der Waals surface area contributed by atoms with Crippen LogP contribution in [0.4, 0.5) is 13.9 Å². The molecule has 160 valence electrons. The molecule has 1 heterocycles. The number of amides is 1. The van der Waals surface area contributed by atoms with Crippen LogP contribution in [0.2, 0.25) is 0 Å². The van der Waals surface area contributed by atoms with Crippen LogP contribution in [-0.2, 0) is 5.41 Å². The molecule has 6 nitrogen and oxygen atoms in total. The Morgan fingerprint density at radius 3 is 2.43 bits per heavy atom. The summed E-state index contributed by atoms with van der Waals surface area (Å²) in [7, 11) is 1.33. The van der Waals surface area contributed by atoms with E-state index < -0.39 is 12.5 Å². The Morgan fingerprint density at radius 1 is 1.17 bits per heavy atom. The molecular weight excluding hydrogens is 412 g/mol. The van der Waals surface area contributed by atoms with Crippen molar-refractivity contribution in [1.82, 2.24) is 10.2 Å². The van der Waals surface area contributed by atoms with Gasteiger partial charge in [-0.1, -0.05) is 17.4 Å². The smallest absolute Gasteiger partial charge is 0.387 e. The number of alkyl halides is 2. The maximum Gasteiger partial charge on any atom is 0.387 e. The van der Waals surface area contributed by atoms with Gasteiger partial charge in [-0.2, -0.15) is 8.78 Å². The number of hydrogen-bond acceptors (Lipinski definition) is 6. The molecule has 2 aromatic rings. The van der Waals surface area contributed by atoms with Crippen LogP contribution in [0.15, 0.2) is 18.2 Å². The molecular formula is C21H23F2N3O3S. The van der Waals surface area contributed by atoms with Gasteiger partial charge < -0.3 is 9.47 Å². The first-order valence-corrected chi connectivity index (χ1v) is 11.0. The molecule has 0 saturated heterocycles. The number of ether oxygens (including phenoxy) is 2. The van der Waals surface area contributed by atoms with Crippen molar-refractivity contribution < 1.29 is 23.0 Å². The topological polar surface area (TPSA) is 73.3 Å². The minimum absolute atomic E-state index is 0.0406. The Bertz CT molecular complexity index is 929. The first kappa shape index (κ1) is 19.7. The molecule has 9 heteroatoms. The van der Waals surface area contributed by atoms with Gasteiger partial charge in [-0.15, -0.1) is 10.2 Å². The van der Waals surface area contributed by atoms with Gasteiger partial charge in [-0.3, -0.25) is 10.1 Å². The molecule has 0 unspecified atom stereocenters. The summed E-state index contributed by atoms with van der Waals surface area (Å²) in [6.45, 7) is -3.07. The third kappa shape index (κ3) is 3.42. The summed E-state index contributed by atoms with van der Waals surface area (Å²) in [6.07, 6.45) is 7.48. The van der Waals surface area contributed by atoms with Gasteiger partial charge in [0.2, 0.25) is 5.13 Å². The average Bonchev–Trinajstić information content (AvgIpc) is 3.16. The number of para-hydroxylation sites is 1. The normalized spacial score (nSPS) is 29.3. The maximum atomic E-state index is 12.8. The highest BCUT2D eigenvalue weighted by molar-refractivity contribution is 7.15. The first-order valence-electron chi connectivity index (χ1n) is 10.2. The number of halogens is 2. The number of aromatic nitrogens is 2. The van der Waals surface area contributed by atoms with Gasteiger partial charge in [0.05, 0.1) is 12.7 Å². The fourth-order valence-electron chi connectivity index (χ4n) is 6.09. The lowest BCUT2D eigenvalue weighted by atomic mass is 9.50. The number of nitrogens with one attached hydrogen (secondary N) is 1. The van der Waals surface area contributed by atoms with Gasteiger partial charge in [-0.05, 0) is 68.4 Å². The van der Waals surface area contributed by atoms with E-state index in [1.54, 1.807) is 6.07 Å². The van der Waals surface area contributed by atoms with E-state index in [0.717, 1.165) is 42.0 Å². The Kier molecular flexibility index (Phi) is 4.88. The molecule has 0 radical (unpaired) electrons. The third-order valence-electron chi connectivity index (χ3n) is 6.79. The lowest BCUT2D eigenvalue weighted by Gasteiger charge is -2.55. The van der Waals surface area contributed by atoms with E-state index in [2.05, 4.69) is 20.3 Å². The average molecular weight is 435 g/mol. The minimum atomic E-state index is -3.07. The molecule has 30 heavy (non-hydrogen) atoms. The molecule has 1 aromatic carbocycles. The van der Waals surface area contributed by atoms with Crippen molar-refractivity contribution in [2.75, 3.05) is 12.4 Å². The third-order valence-corrected chi connectivity index (χ3v) is 7.87. The van der Waals surface area contributed by atoms with E-state index >= 15 is 0 Å². The predicted octanol–water partition coefficient (Wildman–Crippen LogP) is 4.87. The van der Waals surface area contributed by atoms with Crippen LogP contribution in [0, 0.1) is 17.8 Å². The van der Waals surface area contributed by atoms with E-state index in [-0.39, 0.29) is 22.5 Å². The molecule has 4 aliphatic carbocycles. The molecule has 1 aromatic heterocycles. The molecule has 0 spiro atoms. The van der Waals surface area contributed by atoms with Crippen molar-refractivity contribution in [2.45, 2.75) is 50.6 Å². The number of nitrogens with zero attached hydrogens (tertiary/aromatic N) is 2. The quantitative estimate of drug-likeness (QED) is 0.701. The largest absolute Gasteiger partial charge is 0.493 e. The summed E-state index contributed by atoms with van der Waals surface area (Å²) in [6, 6.07) is 4.42. The van der Waals surface area contributed by atoms with Crippen molar-refractivity contribution in [3.63, 3.8) is 0 Å². The van der Waals surface area contributed by atoms with Crippen LogP contribution in [0.3, 0.4) is 0 Å². The second-order valence-corrected chi connectivity index (χ2v) is 9.76. The second-order valence-electron chi connectivity index (χ2n) is 8.78. The van der Waals surface area contributed by atoms with E-state index in [4.69, 9.17) is 4.74 Å². The maximum absolute atomic E-state index is 12.8. The zero-order valence-corrected chi connectivity index (χ0v) is 17.4. The number of methoxy groups -OCH3 is 1. The number of carbonyl (C=O) groups excluding carboxylic acids is 1. The second kappa shape index (κ2) is 7.44. The van der Waals surface area contributed by atoms with Crippen molar-refractivity contribution >= 4 is 22.4 Å². The lowest BCUT2D eigenvalue weighted by Crippen LogP contribution is -2.48. The standard InChI is InChI=1S/C21H23F2N3O3S/c1-28-15-4-2-3-14(16(15)29-19(22)23)17(27)24-20-26-25-18(30-20)21-8-11-5-12(9-21)7-13(6-11)10-21/h2-4,11-13,19H,5-10H2,1H3,(H,24,26,27). The van der Waals surface area contributed by atoms with Crippen LogP contribution in [0.25, 0.3) is 0 Å². The molecule has 4 bridgehead atoms. The van der Waals surface area contributed by atoms with Gasteiger partial charge >= 0.3 is 6.61 Å². The van der Waals surface area contributed by atoms with Crippen molar-refractivity contribution in [1.29, 1.82) is 0 Å². The summed E-state index contributed by atoms with van der Waals surface area (Å²) in [5.41, 5.74) is 0.0520. The molecule has 6 rings (SSSR count). The van der Waals surface area contributed by atoms with E-state index in [1.165, 1.54) is 49.8 Å². The van der Waals surface area contributed by atoms with Gasteiger partial charge in [0, 0.05) is 5.41 Å². The van der Waals surface area contributed by atoms with Crippen LogP contribution in [0.5, 0.6) is 11.5 Å². The SMILES string of the molecule is COc1cccc(C(=O)Nc2nnc(C34CC5CC(CC(C5)C3)C4)s2)c1OC(F)F. The fourth-order valence-corrected chi connectivity index (χ4v) is 7.05. The van der Waals surface area contributed by atoms with Crippen molar-refractivity contribution in [2.24, 2.45) is 17.8 Å². The number of rotatable bonds is 6. The Hall–Kier alpha value is -2.29. The van der Waals surface area contributed by atoms with E-state index in [1.807, 2.05) is 0 Å². The fraction of sp³-hybridized carbons (Fsp3) is 0.571. The van der Waals surface area contributed by atoms with Gasteiger partial charge in [-0.25, -0.2) is 0 Å². The number of carbonyl (C=O) groups is 1. The van der Waals surface area contributed by atoms with Crippen LogP contribution < -0.4 is 14.8 Å². The van der Waals surface area contributed by atoms with Gasteiger partial charge in [0.25, 0.3) is 5.91 Å². The molecule has 1 N–H and O–H groups in total. The van der Waals surface area contributed by atoms with E-state index in [9.17, 15) is 13.6 Å². The highest BCUT2D eigenvalue weighted by atomic mass is 32.1. The number of benzene rings is 1. The monoisotopic (exact) mass is 435 g/mol. The van der Waals surface area contributed by atoms with Crippen LogP contribution >= 0.6 is 11.3 Å². The molecule has 4 aliphatic rings.